The van der Waals surface area contributed by atoms with Crippen molar-refractivity contribution in [2.45, 2.75) is 43.4 Å². The number of hydrogen-bond donors (Lipinski definition) is 1. The molecule has 3 nitrogen and oxygen atoms in total. The highest BCUT2D eigenvalue weighted by Gasteiger charge is 2.66. The van der Waals surface area contributed by atoms with E-state index >= 15 is 0 Å². The van der Waals surface area contributed by atoms with Crippen LogP contribution in [-0.4, -0.2) is 27.9 Å². The number of carbonyl (C=O) groups is 1. The number of aldehydes is 1. The second kappa shape index (κ2) is 6.74. The Labute approximate surface area is 133 Å². The van der Waals surface area contributed by atoms with Crippen LogP contribution in [0.3, 0.4) is 0 Å². The van der Waals surface area contributed by atoms with Gasteiger partial charge in [-0.15, -0.1) is 4.72 Å². The lowest BCUT2D eigenvalue weighted by Gasteiger charge is -2.39. The molecule has 0 saturated heterocycles. The molecule has 0 aliphatic heterocycles. The van der Waals surface area contributed by atoms with Gasteiger partial charge in [-0.25, -0.2) is 13.2 Å². The highest BCUT2D eigenvalue weighted by Crippen LogP contribution is 2.43. The van der Waals surface area contributed by atoms with E-state index in [2.05, 4.69) is 0 Å². The molecule has 23 heavy (non-hydrogen) atoms. The van der Waals surface area contributed by atoms with Crippen molar-refractivity contribution in [3.63, 3.8) is 0 Å². The van der Waals surface area contributed by atoms with Crippen LogP contribution in [0.5, 0.6) is 0 Å². The molecule has 0 spiro atoms. The maximum Gasteiger partial charge on any atom is 0.334 e. The van der Waals surface area contributed by atoms with Crippen LogP contribution in [-0.2, 0) is 21.7 Å². The number of alkyl halides is 4. The van der Waals surface area contributed by atoms with Crippen molar-refractivity contribution in [3.05, 3.63) is 35.6 Å². The van der Waals surface area contributed by atoms with E-state index in [0.717, 1.165) is 12.1 Å². The second-order valence-electron chi connectivity index (χ2n) is 5.81. The minimum absolute atomic E-state index is 0.700. The molecule has 0 amide bonds. The molecular weight excluding hydrogens is 341 g/mol. The highest BCUT2D eigenvalue weighted by molar-refractivity contribution is 7.90. The summed E-state index contributed by atoms with van der Waals surface area (Å²) in [6, 6.07) is 3.59. The van der Waals surface area contributed by atoms with Gasteiger partial charge in [-0.3, -0.25) is 4.79 Å². The Balaban J connectivity index is 3.64. The molecular formula is C14H16F5NO2S. The normalized spacial score (nSPS) is 17.0. The average Bonchev–Trinajstić information content (AvgIpc) is 2.43. The van der Waals surface area contributed by atoms with Gasteiger partial charge in [0.05, 0.1) is 0 Å². The third kappa shape index (κ3) is 3.67. The maximum atomic E-state index is 14.1. The summed E-state index contributed by atoms with van der Waals surface area (Å²) in [6.45, 7) is 4.06. The smallest absolute Gasteiger partial charge is 0.334 e. The molecule has 9 heteroatoms. The van der Waals surface area contributed by atoms with Crippen molar-refractivity contribution in [3.8, 4) is 0 Å². The number of halogens is 5. The van der Waals surface area contributed by atoms with Gasteiger partial charge in [-0.05, 0) is 26.8 Å². The predicted molar refractivity (Wildman–Crippen MR) is 76.1 cm³/mol. The molecule has 2 atom stereocenters. The van der Waals surface area contributed by atoms with E-state index in [1.54, 1.807) is 4.72 Å². The quantitative estimate of drug-likeness (QED) is 0.483. The molecule has 0 aliphatic rings. The molecule has 1 rings (SSSR count). The summed E-state index contributed by atoms with van der Waals surface area (Å²) in [5.41, 5.74) is -4.89. The van der Waals surface area contributed by atoms with Crippen LogP contribution < -0.4 is 4.72 Å². The molecule has 0 fully saturated rings. The zero-order valence-corrected chi connectivity index (χ0v) is 13.4. The lowest BCUT2D eigenvalue weighted by Crippen LogP contribution is -2.65. The van der Waals surface area contributed by atoms with E-state index < -0.39 is 51.7 Å². The first-order valence-corrected chi connectivity index (χ1v) is 7.62. The Morgan fingerprint density at radius 3 is 2.13 bits per heavy atom. The first kappa shape index (κ1) is 19.9. The van der Waals surface area contributed by atoms with Crippen LogP contribution in [0.1, 0.15) is 26.3 Å². The van der Waals surface area contributed by atoms with E-state index in [0.29, 0.717) is 12.1 Å². The summed E-state index contributed by atoms with van der Waals surface area (Å²) >= 11 is -2.42. The van der Waals surface area contributed by atoms with Gasteiger partial charge in [0.15, 0.2) is 6.29 Å². The number of carbonyl (C=O) groups excluding carboxylic acids is 1. The number of rotatable bonds is 6. The highest BCUT2D eigenvalue weighted by atomic mass is 32.2. The van der Waals surface area contributed by atoms with Gasteiger partial charge in [-0.1, -0.05) is 18.2 Å². The van der Waals surface area contributed by atoms with Crippen LogP contribution in [0, 0.1) is 5.82 Å². The molecule has 1 N–H and O–H groups in total. The van der Waals surface area contributed by atoms with Gasteiger partial charge < -0.3 is 4.55 Å². The zero-order chi connectivity index (χ0) is 18.1. The van der Waals surface area contributed by atoms with E-state index in [4.69, 9.17) is 0 Å². The molecule has 0 radical (unpaired) electrons. The predicted octanol–water partition coefficient (Wildman–Crippen LogP) is 3.17. The zero-order valence-electron chi connectivity index (χ0n) is 12.6. The van der Waals surface area contributed by atoms with E-state index in [-0.39, 0.29) is 0 Å². The SMILES string of the molecule is CC(C)(C)[S@@+]([O-])N[C@@](c1ccccc1F)(C(F)F)C(F)(F)C=O. The number of nitrogens with one attached hydrogen (secondary N) is 1. The molecule has 0 aromatic heterocycles. The van der Waals surface area contributed by atoms with E-state index in [1.165, 1.54) is 20.8 Å². The summed E-state index contributed by atoms with van der Waals surface area (Å²) < 4.78 is 82.0. The van der Waals surface area contributed by atoms with Crippen molar-refractivity contribution >= 4 is 17.6 Å². The van der Waals surface area contributed by atoms with E-state index in [9.17, 15) is 31.3 Å². The monoisotopic (exact) mass is 357 g/mol. The van der Waals surface area contributed by atoms with Gasteiger partial charge >= 0.3 is 5.92 Å². The molecule has 0 unspecified atom stereocenters. The van der Waals surface area contributed by atoms with Gasteiger partial charge in [0.1, 0.15) is 10.6 Å². The van der Waals surface area contributed by atoms with Crippen molar-refractivity contribution in [2.24, 2.45) is 0 Å². The Bertz CT molecular complexity index is 564. The number of hydrogen-bond acceptors (Lipinski definition) is 3. The summed E-state index contributed by atoms with van der Waals surface area (Å²) in [5, 5.41) is 0. The Hall–Kier alpha value is -1.19. The third-order valence-corrected chi connectivity index (χ3v) is 4.73. The fourth-order valence-electron chi connectivity index (χ4n) is 1.78. The second-order valence-corrected chi connectivity index (χ2v) is 7.78. The molecule has 130 valence electrons. The Morgan fingerprint density at radius 1 is 1.22 bits per heavy atom. The van der Waals surface area contributed by atoms with Crippen molar-refractivity contribution in [1.82, 2.24) is 4.72 Å². The molecule has 0 aliphatic carbocycles. The summed E-state index contributed by atoms with van der Waals surface area (Å²) in [6.07, 6.45) is -4.91. The van der Waals surface area contributed by atoms with Crippen molar-refractivity contribution < 1.29 is 31.3 Å². The van der Waals surface area contributed by atoms with Crippen LogP contribution in [0.2, 0.25) is 0 Å². The van der Waals surface area contributed by atoms with Gasteiger partial charge in [-0.2, -0.15) is 8.78 Å². The maximum absolute atomic E-state index is 14.1. The molecule has 0 bridgehead atoms. The summed E-state index contributed by atoms with van der Waals surface area (Å²) in [5.74, 6) is -6.07. The largest absolute Gasteiger partial charge is 0.598 e. The van der Waals surface area contributed by atoms with Crippen LogP contribution in [0.15, 0.2) is 24.3 Å². The summed E-state index contributed by atoms with van der Waals surface area (Å²) in [4.78, 5) is 10.7. The molecule has 0 heterocycles. The molecule has 0 saturated carbocycles. The standard InChI is InChI=1S/C14H16F5NO2S/c1-12(2,3)23(22)20-14(11(16)17,13(18,19)8-21)9-6-4-5-7-10(9)15/h4-8,11,20H,1-3H3/t14-,23+/m0/s1. The van der Waals surface area contributed by atoms with Gasteiger partial charge in [0.2, 0.25) is 5.54 Å². The van der Waals surface area contributed by atoms with E-state index in [1.807, 2.05) is 0 Å². The third-order valence-electron chi connectivity index (χ3n) is 3.11. The van der Waals surface area contributed by atoms with Gasteiger partial charge in [0.25, 0.3) is 6.43 Å². The van der Waals surface area contributed by atoms with Gasteiger partial charge in [0, 0.05) is 16.9 Å². The fraction of sp³-hybridized carbons (Fsp3) is 0.500. The fourth-order valence-corrected chi connectivity index (χ4v) is 2.72. The lowest BCUT2D eigenvalue weighted by atomic mass is 9.85. The molecule has 1 aromatic carbocycles. The van der Waals surface area contributed by atoms with Crippen LogP contribution in [0.25, 0.3) is 0 Å². The average molecular weight is 357 g/mol. The first-order valence-electron chi connectivity index (χ1n) is 6.47. The lowest BCUT2D eigenvalue weighted by molar-refractivity contribution is -0.161. The van der Waals surface area contributed by atoms with Crippen LogP contribution >= 0.6 is 0 Å². The Kier molecular flexibility index (Phi) is 5.82. The number of benzene rings is 1. The van der Waals surface area contributed by atoms with Crippen molar-refractivity contribution in [1.29, 1.82) is 0 Å². The topological polar surface area (TPSA) is 52.2 Å². The van der Waals surface area contributed by atoms with Crippen molar-refractivity contribution in [2.75, 3.05) is 0 Å². The molecule has 1 aromatic rings. The Morgan fingerprint density at radius 2 is 1.74 bits per heavy atom. The first-order chi connectivity index (χ1) is 10.4. The minimum Gasteiger partial charge on any atom is -0.598 e. The summed E-state index contributed by atoms with van der Waals surface area (Å²) in [7, 11) is 0. The van der Waals surface area contributed by atoms with Crippen LogP contribution in [0.4, 0.5) is 22.0 Å². The minimum atomic E-state index is -4.70.